The molecule has 1 aliphatic rings. The molecule has 0 radical (unpaired) electrons. The largest absolute Gasteiger partial charge is 0.349 e. The number of halogens is 2. The minimum atomic E-state index is -0.0591. The molecule has 1 aliphatic carbocycles. The van der Waals surface area contributed by atoms with Crippen LogP contribution in [0.5, 0.6) is 0 Å². The zero-order valence-corrected chi connectivity index (χ0v) is 14.4. The first-order valence-corrected chi connectivity index (χ1v) is 8.47. The molecule has 1 atom stereocenters. The van der Waals surface area contributed by atoms with Crippen LogP contribution in [-0.4, -0.2) is 15.9 Å². The first-order chi connectivity index (χ1) is 11.6. The van der Waals surface area contributed by atoms with Crippen LogP contribution in [0, 0.1) is 5.92 Å². The number of allylic oxidation sites excluding steroid dienone is 5. The van der Waals surface area contributed by atoms with Crippen LogP contribution in [0.4, 0.5) is 0 Å². The van der Waals surface area contributed by atoms with E-state index in [0.29, 0.717) is 23.0 Å². The van der Waals surface area contributed by atoms with Crippen LogP contribution in [0.2, 0.25) is 0 Å². The Morgan fingerprint density at radius 3 is 3.00 bits per heavy atom. The van der Waals surface area contributed by atoms with Gasteiger partial charge in [-0.05, 0) is 24.6 Å². The number of nitrogens with zero attached hydrogens (tertiary/aromatic N) is 1. The Balaban J connectivity index is 1.47. The molecule has 0 fully saturated rings. The zero-order chi connectivity index (χ0) is 16.9. The van der Waals surface area contributed by atoms with Gasteiger partial charge in [0, 0.05) is 22.4 Å². The number of carbonyl (C=O) groups excluding carboxylic acids is 1. The van der Waals surface area contributed by atoms with Crippen LogP contribution in [0.25, 0.3) is 11.0 Å². The molecule has 1 heterocycles. The number of hydrogen-bond acceptors (Lipinski definition) is 2. The van der Waals surface area contributed by atoms with Gasteiger partial charge >= 0.3 is 0 Å². The molecule has 0 saturated carbocycles. The highest BCUT2D eigenvalue weighted by molar-refractivity contribution is 6.35. The lowest BCUT2D eigenvalue weighted by molar-refractivity contribution is -0.120. The van der Waals surface area contributed by atoms with E-state index in [1.54, 1.807) is 6.08 Å². The Morgan fingerprint density at radius 1 is 1.38 bits per heavy atom. The summed E-state index contributed by atoms with van der Waals surface area (Å²) in [6.07, 6.45) is 8.50. The number of rotatable bonds is 5. The average Bonchev–Trinajstić information content (AvgIpc) is 2.98. The Labute approximate surface area is 150 Å². The Bertz CT molecular complexity index is 803. The van der Waals surface area contributed by atoms with E-state index in [4.69, 9.17) is 23.2 Å². The van der Waals surface area contributed by atoms with E-state index >= 15 is 0 Å². The molecule has 124 valence electrons. The van der Waals surface area contributed by atoms with Crippen molar-refractivity contribution in [3.63, 3.8) is 0 Å². The van der Waals surface area contributed by atoms with Crippen molar-refractivity contribution in [2.24, 2.45) is 5.92 Å². The lowest BCUT2D eigenvalue weighted by Crippen LogP contribution is -2.22. The minimum absolute atomic E-state index is 0.0591. The number of hydrogen-bond donors (Lipinski definition) is 2. The fraction of sp³-hybridized carbons (Fsp3) is 0.222. The third kappa shape index (κ3) is 4.28. The molecule has 2 aromatic rings. The van der Waals surface area contributed by atoms with E-state index in [1.165, 1.54) is 0 Å². The number of aromatic nitrogens is 2. The first kappa shape index (κ1) is 16.8. The van der Waals surface area contributed by atoms with Gasteiger partial charge in [-0.1, -0.05) is 53.6 Å². The van der Waals surface area contributed by atoms with E-state index in [1.807, 2.05) is 42.5 Å². The summed E-state index contributed by atoms with van der Waals surface area (Å²) < 4.78 is 0. The van der Waals surface area contributed by atoms with E-state index < -0.39 is 0 Å². The van der Waals surface area contributed by atoms with Crippen LogP contribution < -0.4 is 5.32 Å². The number of fused-ring (bicyclic) bond motifs is 1. The summed E-state index contributed by atoms with van der Waals surface area (Å²) in [6.45, 7) is 0.379. The Kier molecular flexibility index (Phi) is 5.38. The van der Waals surface area contributed by atoms with Gasteiger partial charge in [-0.15, -0.1) is 0 Å². The molecule has 6 heteroatoms. The zero-order valence-electron chi connectivity index (χ0n) is 12.9. The predicted octanol–water partition coefficient (Wildman–Crippen LogP) is 4.39. The third-order valence-electron chi connectivity index (χ3n) is 3.76. The van der Waals surface area contributed by atoms with Crippen LogP contribution in [-0.2, 0) is 11.3 Å². The maximum absolute atomic E-state index is 11.9. The lowest BCUT2D eigenvalue weighted by Gasteiger charge is -2.13. The second kappa shape index (κ2) is 7.69. The van der Waals surface area contributed by atoms with Crippen molar-refractivity contribution in [2.75, 3.05) is 0 Å². The van der Waals surface area contributed by atoms with Gasteiger partial charge in [0.15, 0.2) is 0 Å². The maximum atomic E-state index is 11.9. The van der Waals surface area contributed by atoms with Crippen LogP contribution in [0.1, 0.15) is 18.7 Å². The first-order valence-electron chi connectivity index (χ1n) is 7.71. The second-order valence-corrected chi connectivity index (χ2v) is 6.44. The summed E-state index contributed by atoms with van der Waals surface area (Å²) >= 11 is 12.0. The predicted molar refractivity (Wildman–Crippen MR) is 97.7 cm³/mol. The van der Waals surface area contributed by atoms with E-state index in [-0.39, 0.29) is 11.8 Å². The molecule has 0 aliphatic heterocycles. The Hall–Kier alpha value is -2.04. The minimum Gasteiger partial charge on any atom is -0.349 e. The molecule has 4 nitrogen and oxygen atoms in total. The van der Waals surface area contributed by atoms with Crippen LogP contribution >= 0.6 is 23.2 Å². The number of imidazole rings is 1. The Morgan fingerprint density at radius 2 is 2.21 bits per heavy atom. The van der Waals surface area contributed by atoms with Crippen molar-refractivity contribution in [1.82, 2.24) is 15.3 Å². The molecule has 1 unspecified atom stereocenters. The summed E-state index contributed by atoms with van der Waals surface area (Å²) in [7, 11) is 0. The van der Waals surface area contributed by atoms with Gasteiger partial charge in [-0.3, -0.25) is 4.79 Å². The number of amides is 1. The van der Waals surface area contributed by atoms with Crippen molar-refractivity contribution in [2.45, 2.75) is 19.4 Å². The molecule has 1 aromatic carbocycles. The molecule has 0 spiro atoms. The number of benzene rings is 1. The molecule has 24 heavy (non-hydrogen) atoms. The second-order valence-electron chi connectivity index (χ2n) is 5.57. The van der Waals surface area contributed by atoms with Gasteiger partial charge in [0.05, 0.1) is 17.6 Å². The maximum Gasteiger partial charge on any atom is 0.224 e. The third-order valence-corrected chi connectivity index (χ3v) is 4.41. The average molecular weight is 362 g/mol. The number of aromatic amines is 1. The topological polar surface area (TPSA) is 57.8 Å². The summed E-state index contributed by atoms with van der Waals surface area (Å²) in [5.74, 6) is 0.778. The van der Waals surface area contributed by atoms with Gasteiger partial charge < -0.3 is 10.3 Å². The fourth-order valence-electron chi connectivity index (χ4n) is 2.50. The van der Waals surface area contributed by atoms with Crippen molar-refractivity contribution >= 4 is 40.1 Å². The van der Waals surface area contributed by atoms with Crippen molar-refractivity contribution in [1.29, 1.82) is 0 Å². The summed E-state index contributed by atoms with van der Waals surface area (Å²) in [5, 5.41) is 4.21. The van der Waals surface area contributed by atoms with E-state index in [0.717, 1.165) is 23.3 Å². The number of H-pyrrole nitrogens is 1. The van der Waals surface area contributed by atoms with Crippen molar-refractivity contribution in [3.05, 3.63) is 64.5 Å². The fourth-order valence-corrected chi connectivity index (χ4v) is 3.05. The smallest absolute Gasteiger partial charge is 0.224 e. The van der Waals surface area contributed by atoms with Gasteiger partial charge in [0.25, 0.3) is 0 Å². The van der Waals surface area contributed by atoms with Crippen molar-refractivity contribution in [3.8, 4) is 0 Å². The number of carbonyl (C=O) groups is 1. The SMILES string of the molecule is O=C(C/C=C/C1CC=C(Cl)C=C1Cl)NCc1nc2ccccc2[nH]1. The summed E-state index contributed by atoms with van der Waals surface area (Å²) in [5.41, 5.74) is 1.86. The number of para-hydroxylation sites is 2. The monoisotopic (exact) mass is 361 g/mol. The van der Waals surface area contributed by atoms with Crippen LogP contribution in [0.3, 0.4) is 0 Å². The molecular weight excluding hydrogens is 345 g/mol. The molecule has 2 N–H and O–H groups in total. The normalized spacial score (nSPS) is 17.8. The highest BCUT2D eigenvalue weighted by Gasteiger charge is 2.12. The summed E-state index contributed by atoms with van der Waals surface area (Å²) in [4.78, 5) is 19.5. The van der Waals surface area contributed by atoms with Gasteiger partial charge in [0.2, 0.25) is 5.91 Å². The van der Waals surface area contributed by atoms with Gasteiger partial charge in [0.1, 0.15) is 5.82 Å². The van der Waals surface area contributed by atoms with E-state index in [9.17, 15) is 4.79 Å². The van der Waals surface area contributed by atoms with Crippen molar-refractivity contribution < 1.29 is 4.79 Å². The molecule has 0 saturated heterocycles. The molecule has 0 bridgehead atoms. The molecule has 3 rings (SSSR count). The molecular formula is C18H17Cl2N3O. The highest BCUT2D eigenvalue weighted by atomic mass is 35.5. The van der Waals surface area contributed by atoms with Crippen LogP contribution in [0.15, 0.2) is 58.6 Å². The number of nitrogens with one attached hydrogen (secondary N) is 2. The molecule has 1 amide bonds. The lowest BCUT2D eigenvalue weighted by atomic mass is 9.99. The van der Waals surface area contributed by atoms with Gasteiger partial charge in [-0.25, -0.2) is 4.98 Å². The highest BCUT2D eigenvalue weighted by Crippen LogP contribution is 2.29. The van der Waals surface area contributed by atoms with E-state index in [2.05, 4.69) is 15.3 Å². The molecule has 1 aromatic heterocycles. The quantitative estimate of drug-likeness (QED) is 0.775. The standard InChI is InChI=1S/C18H17Cl2N3O/c19-13-9-8-12(14(20)10-13)4-3-7-18(24)21-11-17-22-15-5-1-2-6-16(15)23-17/h1-6,9-10,12H,7-8,11H2,(H,21,24)(H,22,23)/b4-3+. The van der Waals surface area contributed by atoms with Gasteiger partial charge in [-0.2, -0.15) is 0 Å². The summed E-state index contributed by atoms with van der Waals surface area (Å²) in [6, 6.07) is 7.77.